The van der Waals surface area contributed by atoms with Crippen molar-refractivity contribution < 1.29 is 14.1 Å². The predicted molar refractivity (Wildman–Crippen MR) is 63.9 cm³/mol. The molecule has 0 aromatic carbocycles. The molecule has 96 valence electrons. The van der Waals surface area contributed by atoms with E-state index in [9.17, 15) is 4.79 Å². The number of hydrogen-bond acceptors (Lipinski definition) is 4. The first-order valence-corrected chi connectivity index (χ1v) is 5.72. The fourth-order valence-electron chi connectivity index (χ4n) is 1.74. The number of carbonyl (C=O) groups excluding carboxylic acids is 1. The molecule has 1 aromatic heterocycles. The smallest absolute Gasteiger partial charge is 0.220 e. The summed E-state index contributed by atoms with van der Waals surface area (Å²) in [6.45, 7) is 4.44. The molecule has 1 aromatic rings. The van der Waals surface area contributed by atoms with Gasteiger partial charge in [0.2, 0.25) is 5.91 Å². The number of aryl methyl sites for hydroxylation is 1. The van der Waals surface area contributed by atoms with Gasteiger partial charge in [-0.25, -0.2) is 0 Å². The van der Waals surface area contributed by atoms with Gasteiger partial charge in [-0.05, 0) is 20.3 Å². The Hall–Kier alpha value is -1.36. The number of nitrogens with zero attached hydrogens (tertiary/aromatic N) is 1. The Labute approximate surface area is 102 Å². The molecule has 5 heteroatoms. The maximum atomic E-state index is 11.5. The average molecular weight is 240 g/mol. The monoisotopic (exact) mass is 240 g/mol. The molecule has 0 spiro atoms. The molecule has 0 radical (unpaired) electrons. The molecule has 1 N–H and O–H groups in total. The van der Waals surface area contributed by atoms with Crippen molar-refractivity contribution in [2.24, 2.45) is 0 Å². The zero-order valence-electron chi connectivity index (χ0n) is 10.9. The molecule has 1 atom stereocenters. The standard InChI is InChI=1S/C12H20N2O3/c1-8-9(2)17-14-12(8)10(5-6-16-4)7-11(15)13-3/h10H,5-7H2,1-4H3,(H,13,15). The van der Waals surface area contributed by atoms with Gasteiger partial charge in [0.05, 0.1) is 5.69 Å². The summed E-state index contributed by atoms with van der Waals surface area (Å²) in [5.74, 6) is 0.859. The number of carbonyl (C=O) groups is 1. The molecule has 0 aliphatic rings. The van der Waals surface area contributed by atoms with E-state index in [-0.39, 0.29) is 11.8 Å². The molecule has 5 nitrogen and oxygen atoms in total. The molecule has 0 bridgehead atoms. The number of hydrogen-bond donors (Lipinski definition) is 1. The molecule has 0 aliphatic carbocycles. The number of nitrogens with one attached hydrogen (secondary N) is 1. The summed E-state index contributed by atoms with van der Waals surface area (Å²) in [7, 11) is 3.29. The van der Waals surface area contributed by atoms with E-state index < -0.39 is 0 Å². The van der Waals surface area contributed by atoms with Crippen LogP contribution >= 0.6 is 0 Å². The van der Waals surface area contributed by atoms with Crippen molar-refractivity contribution in [1.82, 2.24) is 10.5 Å². The first kappa shape index (κ1) is 13.7. The van der Waals surface area contributed by atoms with Crippen LogP contribution < -0.4 is 5.32 Å². The van der Waals surface area contributed by atoms with Crippen molar-refractivity contribution in [3.63, 3.8) is 0 Å². The third-order valence-corrected chi connectivity index (χ3v) is 2.96. The van der Waals surface area contributed by atoms with Gasteiger partial charge < -0.3 is 14.6 Å². The van der Waals surface area contributed by atoms with Crippen molar-refractivity contribution in [2.75, 3.05) is 20.8 Å². The lowest BCUT2D eigenvalue weighted by atomic mass is 9.94. The average Bonchev–Trinajstić information content (AvgIpc) is 2.65. The lowest BCUT2D eigenvalue weighted by Crippen LogP contribution is -2.21. The Morgan fingerprint density at radius 1 is 1.53 bits per heavy atom. The molecule has 1 rings (SSSR count). The van der Waals surface area contributed by atoms with Crippen LogP contribution in [-0.4, -0.2) is 31.8 Å². The van der Waals surface area contributed by atoms with Gasteiger partial charge in [-0.1, -0.05) is 5.16 Å². The Kier molecular flexibility index (Phi) is 5.15. The first-order chi connectivity index (χ1) is 8.10. The third kappa shape index (κ3) is 3.56. The minimum absolute atomic E-state index is 0.00570. The fourth-order valence-corrected chi connectivity index (χ4v) is 1.74. The highest BCUT2D eigenvalue weighted by Gasteiger charge is 2.21. The van der Waals surface area contributed by atoms with Gasteiger partial charge in [0.15, 0.2) is 0 Å². The zero-order chi connectivity index (χ0) is 12.8. The van der Waals surface area contributed by atoms with Gasteiger partial charge in [-0.2, -0.15) is 0 Å². The summed E-state index contributed by atoms with van der Waals surface area (Å²) in [6.07, 6.45) is 1.17. The van der Waals surface area contributed by atoms with Gasteiger partial charge in [0.1, 0.15) is 5.76 Å². The van der Waals surface area contributed by atoms with Crippen LogP contribution in [-0.2, 0) is 9.53 Å². The maximum absolute atomic E-state index is 11.5. The van der Waals surface area contributed by atoms with Gasteiger partial charge in [0.25, 0.3) is 0 Å². The van der Waals surface area contributed by atoms with E-state index >= 15 is 0 Å². The van der Waals surface area contributed by atoms with Crippen LogP contribution in [0.4, 0.5) is 0 Å². The molecule has 0 aliphatic heterocycles. The van der Waals surface area contributed by atoms with Crippen molar-refractivity contribution in [3.05, 3.63) is 17.0 Å². The molecular weight excluding hydrogens is 220 g/mol. The van der Waals surface area contributed by atoms with Crippen LogP contribution in [0.2, 0.25) is 0 Å². The Morgan fingerprint density at radius 2 is 2.24 bits per heavy atom. The molecule has 1 amide bonds. The summed E-state index contributed by atoms with van der Waals surface area (Å²) in [4.78, 5) is 11.5. The lowest BCUT2D eigenvalue weighted by molar-refractivity contribution is -0.121. The van der Waals surface area contributed by atoms with E-state index in [2.05, 4.69) is 10.5 Å². The number of aromatic nitrogens is 1. The van der Waals surface area contributed by atoms with Crippen LogP contribution in [0, 0.1) is 13.8 Å². The normalized spacial score (nSPS) is 12.5. The van der Waals surface area contributed by atoms with Gasteiger partial charge in [-0.15, -0.1) is 0 Å². The lowest BCUT2D eigenvalue weighted by Gasteiger charge is -2.13. The van der Waals surface area contributed by atoms with Crippen molar-refractivity contribution >= 4 is 5.91 Å². The number of rotatable bonds is 6. The van der Waals surface area contributed by atoms with Gasteiger partial charge >= 0.3 is 0 Å². The van der Waals surface area contributed by atoms with Gasteiger partial charge in [-0.3, -0.25) is 4.79 Å². The molecule has 17 heavy (non-hydrogen) atoms. The minimum Gasteiger partial charge on any atom is -0.385 e. The summed E-state index contributed by atoms with van der Waals surface area (Å²) < 4.78 is 10.2. The summed E-state index contributed by atoms with van der Waals surface area (Å²) in [5, 5.41) is 6.68. The first-order valence-electron chi connectivity index (χ1n) is 5.72. The number of ether oxygens (including phenoxy) is 1. The van der Waals surface area contributed by atoms with Gasteiger partial charge in [0, 0.05) is 38.7 Å². The topological polar surface area (TPSA) is 64.4 Å². The van der Waals surface area contributed by atoms with Crippen LogP contribution in [0.5, 0.6) is 0 Å². The zero-order valence-corrected chi connectivity index (χ0v) is 10.9. The third-order valence-electron chi connectivity index (χ3n) is 2.96. The second-order valence-electron chi connectivity index (χ2n) is 4.10. The molecule has 1 heterocycles. The van der Waals surface area contributed by atoms with Crippen LogP contribution in [0.3, 0.4) is 0 Å². The Morgan fingerprint density at radius 3 is 2.71 bits per heavy atom. The summed E-state index contributed by atoms with van der Waals surface area (Å²) >= 11 is 0. The van der Waals surface area contributed by atoms with E-state index in [1.165, 1.54) is 0 Å². The molecular formula is C12H20N2O3. The van der Waals surface area contributed by atoms with E-state index in [0.717, 1.165) is 23.4 Å². The van der Waals surface area contributed by atoms with Crippen LogP contribution in [0.1, 0.15) is 35.8 Å². The van der Waals surface area contributed by atoms with Crippen LogP contribution in [0.25, 0.3) is 0 Å². The number of methoxy groups -OCH3 is 1. The highest BCUT2D eigenvalue weighted by molar-refractivity contribution is 5.76. The van der Waals surface area contributed by atoms with Crippen molar-refractivity contribution in [2.45, 2.75) is 32.6 Å². The maximum Gasteiger partial charge on any atom is 0.220 e. The second-order valence-corrected chi connectivity index (χ2v) is 4.10. The van der Waals surface area contributed by atoms with E-state index in [1.807, 2.05) is 13.8 Å². The van der Waals surface area contributed by atoms with Crippen molar-refractivity contribution in [1.29, 1.82) is 0 Å². The molecule has 1 unspecified atom stereocenters. The summed E-state index contributed by atoms with van der Waals surface area (Å²) in [6, 6.07) is 0. The molecule has 0 saturated carbocycles. The SMILES string of the molecule is CNC(=O)CC(CCOC)c1noc(C)c1C. The second kappa shape index (κ2) is 6.39. The quantitative estimate of drug-likeness (QED) is 0.819. The fraction of sp³-hybridized carbons (Fsp3) is 0.667. The Balaban J connectivity index is 2.81. The van der Waals surface area contributed by atoms with Crippen LogP contribution in [0.15, 0.2) is 4.52 Å². The Bertz CT molecular complexity index is 374. The molecule has 0 fully saturated rings. The molecule has 0 saturated heterocycles. The van der Waals surface area contributed by atoms with E-state index in [0.29, 0.717) is 13.0 Å². The largest absolute Gasteiger partial charge is 0.385 e. The van der Waals surface area contributed by atoms with E-state index in [4.69, 9.17) is 9.26 Å². The minimum atomic E-state index is 0.00570. The summed E-state index contributed by atoms with van der Waals surface area (Å²) in [5.41, 5.74) is 1.89. The highest BCUT2D eigenvalue weighted by Crippen LogP contribution is 2.27. The highest BCUT2D eigenvalue weighted by atomic mass is 16.5. The van der Waals surface area contributed by atoms with Crippen molar-refractivity contribution in [3.8, 4) is 0 Å². The number of amides is 1. The van der Waals surface area contributed by atoms with E-state index in [1.54, 1.807) is 14.2 Å². The predicted octanol–water partition coefficient (Wildman–Crippen LogP) is 1.55.